The van der Waals surface area contributed by atoms with Crippen molar-refractivity contribution in [2.45, 2.75) is 24.2 Å². The zero-order valence-electron chi connectivity index (χ0n) is 11.4. The first kappa shape index (κ1) is 16.5. The normalized spacial score (nSPS) is 22.6. The highest BCUT2D eigenvalue weighted by Gasteiger charge is 2.29. The molecular weight excluding hydrogens is 319 g/mol. The van der Waals surface area contributed by atoms with Crippen molar-refractivity contribution in [3.05, 3.63) is 23.0 Å². The number of hydrogen-bond donors (Lipinski definition) is 3. The Morgan fingerprint density at radius 2 is 2.05 bits per heavy atom. The monoisotopic (exact) mass is 336 g/mol. The van der Waals surface area contributed by atoms with Crippen LogP contribution in [0.25, 0.3) is 0 Å². The minimum Gasteiger partial charge on any atom is -0.399 e. The van der Waals surface area contributed by atoms with Gasteiger partial charge in [0.1, 0.15) is 4.90 Å². The van der Waals surface area contributed by atoms with E-state index < -0.39 is 20.7 Å². The number of nitrogens with one attached hydrogen (secondary N) is 1. The van der Waals surface area contributed by atoms with Gasteiger partial charge in [-0.3, -0.25) is 0 Å². The molecule has 2 rings (SSSR count). The zero-order chi connectivity index (χ0) is 15.6. The van der Waals surface area contributed by atoms with E-state index in [1.54, 1.807) is 0 Å². The predicted octanol–water partition coefficient (Wildman–Crippen LogP) is 1.75. The van der Waals surface area contributed by atoms with E-state index in [0.29, 0.717) is 0 Å². The number of hydrogen-bond acceptors (Lipinski definition) is 4. The van der Waals surface area contributed by atoms with Gasteiger partial charge in [0.25, 0.3) is 0 Å². The van der Waals surface area contributed by atoms with Crippen molar-refractivity contribution in [2.24, 2.45) is 11.8 Å². The average molecular weight is 337 g/mol. The first-order valence-electron chi connectivity index (χ1n) is 6.70. The van der Waals surface area contributed by atoms with Gasteiger partial charge in [0, 0.05) is 18.8 Å². The van der Waals surface area contributed by atoms with Crippen molar-refractivity contribution >= 4 is 27.3 Å². The Hall–Kier alpha value is -0.890. The maximum Gasteiger partial charge on any atom is 0.243 e. The standard InChI is InChI=1S/C13H18ClFN2O3S/c14-11-4-10(16)5-12(13(11)15)21(19,20)17-6-8-2-1-3-9(8)7-18/h4-5,8-9,17-18H,1-3,6-7,16H2. The third kappa shape index (κ3) is 3.66. The molecule has 0 heterocycles. The molecule has 0 amide bonds. The number of nitrogen functional groups attached to an aromatic ring is 1. The van der Waals surface area contributed by atoms with Crippen molar-refractivity contribution in [1.82, 2.24) is 4.72 Å². The highest BCUT2D eigenvalue weighted by molar-refractivity contribution is 7.89. The lowest BCUT2D eigenvalue weighted by atomic mass is 9.97. The van der Waals surface area contributed by atoms with Gasteiger partial charge in [0.2, 0.25) is 10.0 Å². The minimum atomic E-state index is -4.03. The summed E-state index contributed by atoms with van der Waals surface area (Å²) in [5.41, 5.74) is 5.59. The van der Waals surface area contributed by atoms with Crippen LogP contribution in [0.5, 0.6) is 0 Å². The molecule has 1 saturated carbocycles. The molecule has 0 bridgehead atoms. The van der Waals surface area contributed by atoms with Crippen LogP contribution in [0.15, 0.2) is 17.0 Å². The molecule has 0 aliphatic heterocycles. The Labute approximate surface area is 128 Å². The number of aliphatic hydroxyl groups excluding tert-OH is 1. The van der Waals surface area contributed by atoms with E-state index in [9.17, 15) is 17.9 Å². The van der Waals surface area contributed by atoms with E-state index in [1.807, 2.05) is 0 Å². The Bertz CT molecular complexity index is 624. The number of benzene rings is 1. The molecule has 5 nitrogen and oxygen atoms in total. The molecular formula is C13H18ClFN2O3S. The van der Waals surface area contributed by atoms with E-state index in [1.165, 1.54) is 0 Å². The van der Waals surface area contributed by atoms with Crippen LogP contribution in [-0.2, 0) is 10.0 Å². The summed E-state index contributed by atoms with van der Waals surface area (Å²) < 4.78 is 40.6. The average Bonchev–Trinajstić information content (AvgIpc) is 2.88. The Kier molecular flexibility index (Phi) is 5.08. The second-order valence-electron chi connectivity index (χ2n) is 5.30. The molecule has 2 atom stereocenters. The summed E-state index contributed by atoms with van der Waals surface area (Å²) >= 11 is 5.62. The van der Waals surface area contributed by atoms with Gasteiger partial charge in [-0.05, 0) is 36.8 Å². The van der Waals surface area contributed by atoms with Gasteiger partial charge in [0.15, 0.2) is 5.82 Å². The molecule has 0 aromatic heterocycles. The van der Waals surface area contributed by atoms with Crippen LogP contribution >= 0.6 is 11.6 Å². The predicted molar refractivity (Wildman–Crippen MR) is 78.9 cm³/mol. The third-order valence-electron chi connectivity index (χ3n) is 3.89. The second kappa shape index (κ2) is 6.48. The molecule has 118 valence electrons. The van der Waals surface area contributed by atoms with Crippen molar-refractivity contribution in [3.8, 4) is 0 Å². The molecule has 1 fully saturated rings. The first-order chi connectivity index (χ1) is 9.85. The summed E-state index contributed by atoms with van der Waals surface area (Å²) in [5, 5.41) is 8.90. The summed E-state index contributed by atoms with van der Waals surface area (Å²) in [5.74, 6) is -0.866. The molecule has 1 aliphatic carbocycles. The molecule has 1 aliphatic rings. The number of halogens is 2. The third-order valence-corrected chi connectivity index (χ3v) is 5.59. The van der Waals surface area contributed by atoms with Gasteiger partial charge in [-0.15, -0.1) is 0 Å². The highest BCUT2D eigenvalue weighted by Crippen LogP contribution is 2.31. The number of sulfonamides is 1. The van der Waals surface area contributed by atoms with Gasteiger partial charge < -0.3 is 10.8 Å². The molecule has 0 spiro atoms. The van der Waals surface area contributed by atoms with Crippen LogP contribution < -0.4 is 10.5 Å². The van der Waals surface area contributed by atoms with E-state index in [4.69, 9.17) is 17.3 Å². The van der Waals surface area contributed by atoms with Gasteiger partial charge in [-0.1, -0.05) is 18.0 Å². The van der Waals surface area contributed by atoms with Crippen molar-refractivity contribution in [3.63, 3.8) is 0 Å². The van der Waals surface area contributed by atoms with Gasteiger partial charge >= 0.3 is 0 Å². The summed E-state index contributed by atoms with van der Waals surface area (Å²) in [6, 6.07) is 2.20. The summed E-state index contributed by atoms with van der Waals surface area (Å²) in [4.78, 5) is -0.550. The topological polar surface area (TPSA) is 92.4 Å². The molecule has 2 unspecified atom stereocenters. The van der Waals surface area contributed by atoms with Crippen LogP contribution in [0.2, 0.25) is 5.02 Å². The number of aliphatic hydroxyl groups is 1. The van der Waals surface area contributed by atoms with E-state index in [2.05, 4.69) is 4.72 Å². The lowest BCUT2D eigenvalue weighted by Crippen LogP contribution is -2.32. The van der Waals surface area contributed by atoms with Crippen LogP contribution in [-0.4, -0.2) is 26.7 Å². The Morgan fingerprint density at radius 1 is 1.38 bits per heavy atom. The molecule has 21 heavy (non-hydrogen) atoms. The second-order valence-corrected chi connectivity index (χ2v) is 7.44. The molecule has 4 N–H and O–H groups in total. The lowest BCUT2D eigenvalue weighted by Gasteiger charge is -2.18. The fraction of sp³-hybridized carbons (Fsp3) is 0.538. The van der Waals surface area contributed by atoms with Gasteiger partial charge in [-0.2, -0.15) is 0 Å². The van der Waals surface area contributed by atoms with Crippen molar-refractivity contribution in [2.75, 3.05) is 18.9 Å². The Balaban J connectivity index is 2.16. The van der Waals surface area contributed by atoms with E-state index >= 15 is 0 Å². The first-order valence-corrected chi connectivity index (χ1v) is 8.56. The minimum absolute atomic E-state index is 0.0326. The molecule has 1 aromatic carbocycles. The number of anilines is 1. The smallest absolute Gasteiger partial charge is 0.243 e. The summed E-state index contributed by atoms with van der Waals surface area (Å²) in [7, 11) is -4.03. The number of nitrogens with two attached hydrogens (primary N) is 1. The quantitative estimate of drug-likeness (QED) is 0.714. The van der Waals surface area contributed by atoms with Crippen LogP contribution in [0, 0.1) is 17.7 Å². The van der Waals surface area contributed by atoms with Crippen LogP contribution in [0.3, 0.4) is 0 Å². The largest absolute Gasteiger partial charge is 0.399 e. The highest BCUT2D eigenvalue weighted by atomic mass is 35.5. The molecule has 0 radical (unpaired) electrons. The molecule has 0 saturated heterocycles. The Morgan fingerprint density at radius 3 is 2.71 bits per heavy atom. The van der Waals surface area contributed by atoms with Crippen molar-refractivity contribution in [1.29, 1.82) is 0 Å². The SMILES string of the molecule is Nc1cc(Cl)c(F)c(S(=O)(=O)NCC2CCCC2CO)c1. The maximum atomic E-state index is 13.9. The fourth-order valence-electron chi connectivity index (χ4n) is 2.70. The maximum absolute atomic E-state index is 13.9. The molecule has 1 aromatic rings. The zero-order valence-corrected chi connectivity index (χ0v) is 12.9. The number of rotatable bonds is 5. The van der Waals surface area contributed by atoms with Crippen LogP contribution in [0.4, 0.5) is 10.1 Å². The van der Waals surface area contributed by atoms with Gasteiger partial charge in [-0.25, -0.2) is 17.5 Å². The van der Waals surface area contributed by atoms with E-state index in [0.717, 1.165) is 31.4 Å². The molecule has 8 heteroatoms. The van der Waals surface area contributed by atoms with Gasteiger partial charge in [0.05, 0.1) is 5.02 Å². The lowest BCUT2D eigenvalue weighted by molar-refractivity contribution is 0.195. The van der Waals surface area contributed by atoms with E-state index in [-0.39, 0.29) is 35.7 Å². The fourth-order valence-corrected chi connectivity index (χ4v) is 4.21. The summed E-state index contributed by atoms with van der Waals surface area (Å²) in [6.07, 6.45) is 2.67. The van der Waals surface area contributed by atoms with Crippen molar-refractivity contribution < 1.29 is 17.9 Å². The van der Waals surface area contributed by atoms with Crippen LogP contribution in [0.1, 0.15) is 19.3 Å². The summed E-state index contributed by atoms with van der Waals surface area (Å²) in [6.45, 7) is 0.199.